The van der Waals surface area contributed by atoms with Crippen molar-refractivity contribution in [2.24, 2.45) is 29.6 Å². The summed E-state index contributed by atoms with van der Waals surface area (Å²) in [5, 5.41) is 5.46. The maximum atomic E-state index is 11.8. The van der Waals surface area contributed by atoms with Gasteiger partial charge in [-0.1, -0.05) is 20.3 Å². The fourth-order valence-corrected chi connectivity index (χ4v) is 3.52. The molecule has 5 atom stereocenters. The number of amides is 2. The van der Waals surface area contributed by atoms with Crippen LogP contribution in [0.2, 0.25) is 0 Å². The van der Waals surface area contributed by atoms with Crippen LogP contribution in [-0.4, -0.2) is 25.4 Å². The fraction of sp³-hybridized carbons (Fsp3) is 0.846. The van der Waals surface area contributed by atoms with Crippen molar-refractivity contribution in [3.8, 4) is 0 Å². The minimum absolute atomic E-state index is 0.0962. The van der Waals surface area contributed by atoms with Crippen LogP contribution in [0.4, 0.5) is 0 Å². The molecule has 1 aliphatic heterocycles. The van der Waals surface area contributed by atoms with Gasteiger partial charge in [-0.15, -0.1) is 0 Å². The molecule has 0 bridgehead atoms. The molecule has 2 unspecified atom stereocenters. The van der Waals surface area contributed by atoms with Gasteiger partial charge < -0.3 is 10.6 Å². The van der Waals surface area contributed by atoms with E-state index in [9.17, 15) is 9.59 Å². The van der Waals surface area contributed by atoms with Gasteiger partial charge in [0.2, 0.25) is 11.8 Å². The lowest BCUT2D eigenvalue weighted by Gasteiger charge is -2.26. The highest BCUT2D eigenvalue weighted by molar-refractivity contribution is 6.02. The van der Waals surface area contributed by atoms with Gasteiger partial charge in [-0.25, -0.2) is 0 Å². The van der Waals surface area contributed by atoms with Crippen LogP contribution < -0.4 is 10.6 Å². The Labute approximate surface area is 103 Å². The first kappa shape index (κ1) is 12.4. The zero-order valence-corrected chi connectivity index (χ0v) is 10.8. The summed E-state index contributed by atoms with van der Waals surface area (Å²) in [5.41, 5.74) is 0. The van der Waals surface area contributed by atoms with Crippen molar-refractivity contribution >= 4 is 11.8 Å². The Bertz CT molecular complexity index is 329. The Hall–Kier alpha value is -1.06. The van der Waals surface area contributed by atoms with E-state index in [4.69, 9.17) is 0 Å². The van der Waals surface area contributed by atoms with Crippen LogP contribution in [0.1, 0.15) is 26.7 Å². The number of hydrogen-bond acceptors (Lipinski definition) is 2. The molecule has 0 radical (unpaired) electrons. The second kappa shape index (κ2) is 4.67. The van der Waals surface area contributed by atoms with Crippen molar-refractivity contribution in [3.05, 3.63) is 0 Å². The standard InChI is InChI=1S/C13H22N2O2/c1-7-4-5-9(8(7)2)10-6-15-13(17)11(10)12(16)14-3/h7-11H,4-6H2,1-3H3,(H,14,16)(H,15,17)/t7-,8-,9+,10?,11?/m1/s1. The summed E-state index contributed by atoms with van der Waals surface area (Å²) >= 11 is 0. The molecule has 2 fully saturated rings. The third-order valence-corrected chi connectivity index (χ3v) is 4.83. The summed E-state index contributed by atoms with van der Waals surface area (Å²) < 4.78 is 0. The number of hydrogen-bond donors (Lipinski definition) is 2. The minimum Gasteiger partial charge on any atom is -0.358 e. The van der Waals surface area contributed by atoms with E-state index >= 15 is 0 Å². The number of carbonyl (C=O) groups excluding carboxylic acids is 2. The van der Waals surface area contributed by atoms with Gasteiger partial charge in [0, 0.05) is 13.6 Å². The fourth-order valence-electron chi connectivity index (χ4n) is 3.52. The number of carbonyl (C=O) groups is 2. The predicted octanol–water partition coefficient (Wildman–Crippen LogP) is 0.777. The summed E-state index contributed by atoms with van der Waals surface area (Å²) in [6.07, 6.45) is 2.37. The highest BCUT2D eigenvalue weighted by Gasteiger charge is 2.47. The molecule has 2 rings (SSSR count). The van der Waals surface area contributed by atoms with Crippen LogP contribution in [-0.2, 0) is 9.59 Å². The molecule has 4 nitrogen and oxygen atoms in total. The van der Waals surface area contributed by atoms with E-state index in [2.05, 4.69) is 24.5 Å². The lowest BCUT2D eigenvalue weighted by Crippen LogP contribution is -2.38. The van der Waals surface area contributed by atoms with E-state index in [-0.39, 0.29) is 17.7 Å². The van der Waals surface area contributed by atoms with Crippen LogP contribution in [0, 0.1) is 29.6 Å². The lowest BCUT2D eigenvalue weighted by molar-refractivity contribution is -0.134. The molecule has 1 saturated heterocycles. The van der Waals surface area contributed by atoms with Crippen LogP contribution in [0.25, 0.3) is 0 Å². The Morgan fingerprint density at radius 2 is 2.00 bits per heavy atom. The Morgan fingerprint density at radius 1 is 1.29 bits per heavy atom. The minimum atomic E-state index is -0.474. The second-order valence-corrected chi connectivity index (χ2v) is 5.58. The molecular weight excluding hydrogens is 216 g/mol. The Kier molecular flexibility index (Phi) is 3.40. The second-order valence-electron chi connectivity index (χ2n) is 5.58. The normalized spacial score (nSPS) is 41.4. The smallest absolute Gasteiger partial charge is 0.232 e. The van der Waals surface area contributed by atoms with Crippen LogP contribution in [0.3, 0.4) is 0 Å². The van der Waals surface area contributed by atoms with Crippen molar-refractivity contribution in [2.45, 2.75) is 26.7 Å². The summed E-state index contributed by atoms with van der Waals surface area (Å²) in [7, 11) is 1.60. The molecule has 0 aromatic carbocycles. The summed E-state index contributed by atoms with van der Waals surface area (Å²) in [6, 6.07) is 0. The number of rotatable bonds is 2. The average molecular weight is 238 g/mol. The van der Waals surface area contributed by atoms with E-state index in [1.165, 1.54) is 6.42 Å². The maximum absolute atomic E-state index is 11.8. The van der Waals surface area contributed by atoms with E-state index in [0.29, 0.717) is 24.3 Å². The van der Waals surface area contributed by atoms with Crippen molar-refractivity contribution in [3.63, 3.8) is 0 Å². The van der Waals surface area contributed by atoms with Gasteiger partial charge in [0.25, 0.3) is 0 Å². The van der Waals surface area contributed by atoms with E-state index in [1.54, 1.807) is 7.05 Å². The molecule has 0 aromatic rings. The molecule has 2 N–H and O–H groups in total. The molecule has 2 aliphatic rings. The van der Waals surface area contributed by atoms with Gasteiger partial charge in [0.1, 0.15) is 5.92 Å². The van der Waals surface area contributed by atoms with E-state index in [0.717, 1.165) is 6.42 Å². The van der Waals surface area contributed by atoms with Crippen LogP contribution >= 0.6 is 0 Å². The quantitative estimate of drug-likeness (QED) is 0.698. The first-order chi connectivity index (χ1) is 8.06. The lowest BCUT2D eigenvalue weighted by atomic mass is 9.77. The first-order valence-corrected chi connectivity index (χ1v) is 6.55. The zero-order chi connectivity index (χ0) is 12.6. The maximum Gasteiger partial charge on any atom is 0.232 e. The topological polar surface area (TPSA) is 58.2 Å². The molecule has 0 aromatic heterocycles. The van der Waals surface area contributed by atoms with E-state index < -0.39 is 5.92 Å². The van der Waals surface area contributed by atoms with Crippen molar-refractivity contribution in [1.29, 1.82) is 0 Å². The van der Waals surface area contributed by atoms with Gasteiger partial charge in [-0.2, -0.15) is 0 Å². The van der Waals surface area contributed by atoms with Crippen molar-refractivity contribution in [2.75, 3.05) is 13.6 Å². The molecule has 4 heteroatoms. The SMILES string of the molecule is CNC(=O)C1C(=O)NCC1[C@H]1CC[C@@H](C)[C@H]1C. The monoisotopic (exact) mass is 238 g/mol. The van der Waals surface area contributed by atoms with Gasteiger partial charge >= 0.3 is 0 Å². The van der Waals surface area contributed by atoms with Gasteiger partial charge in [-0.05, 0) is 30.1 Å². The van der Waals surface area contributed by atoms with Crippen LogP contribution in [0.5, 0.6) is 0 Å². The summed E-state index contributed by atoms with van der Waals surface area (Å²) in [4.78, 5) is 23.6. The van der Waals surface area contributed by atoms with E-state index in [1.807, 2.05) is 0 Å². The third-order valence-electron chi connectivity index (χ3n) is 4.83. The zero-order valence-electron chi connectivity index (χ0n) is 10.8. The van der Waals surface area contributed by atoms with Crippen molar-refractivity contribution in [1.82, 2.24) is 10.6 Å². The molecule has 1 aliphatic carbocycles. The molecule has 1 saturated carbocycles. The van der Waals surface area contributed by atoms with Crippen molar-refractivity contribution < 1.29 is 9.59 Å². The highest BCUT2D eigenvalue weighted by Crippen LogP contribution is 2.44. The Morgan fingerprint density at radius 3 is 2.53 bits per heavy atom. The Balaban J connectivity index is 2.15. The average Bonchev–Trinajstić information content (AvgIpc) is 2.83. The van der Waals surface area contributed by atoms with Gasteiger partial charge in [0.15, 0.2) is 0 Å². The predicted molar refractivity (Wildman–Crippen MR) is 65.1 cm³/mol. The third kappa shape index (κ3) is 2.05. The molecular formula is C13H22N2O2. The number of nitrogens with one attached hydrogen (secondary N) is 2. The molecule has 96 valence electrons. The van der Waals surface area contributed by atoms with Crippen LogP contribution in [0.15, 0.2) is 0 Å². The highest BCUT2D eigenvalue weighted by atomic mass is 16.2. The molecule has 17 heavy (non-hydrogen) atoms. The summed E-state index contributed by atoms with van der Waals surface area (Å²) in [6.45, 7) is 5.19. The molecule has 2 amide bonds. The van der Waals surface area contributed by atoms with Gasteiger partial charge in [-0.3, -0.25) is 9.59 Å². The molecule has 1 heterocycles. The summed E-state index contributed by atoms with van der Waals surface area (Å²) in [5.74, 6) is 1.31. The molecule has 0 spiro atoms. The largest absolute Gasteiger partial charge is 0.358 e. The van der Waals surface area contributed by atoms with Gasteiger partial charge in [0.05, 0.1) is 0 Å². The first-order valence-electron chi connectivity index (χ1n) is 6.55.